The van der Waals surface area contributed by atoms with Gasteiger partial charge in [-0.2, -0.15) is 5.01 Å². The highest BCUT2D eigenvalue weighted by Crippen LogP contribution is 2.64. The van der Waals surface area contributed by atoms with Gasteiger partial charge in [0.1, 0.15) is 0 Å². The second kappa shape index (κ2) is 14.1. The minimum absolute atomic E-state index is 0.00980. The molecule has 1 saturated carbocycles. The summed E-state index contributed by atoms with van der Waals surface area (Å²) >= 11 is 6.67. The van der Waals surface area contributed by atoms with Crippen molar-refractivity contribution in [2.45, 2.75) is 31.1 Å². The number of hydrogen-bond acceptors (Lipinski definition) is 8. The first-order chi connectivity index (χ1) is 28.0. The van der Waals surface area contributed by atoms with Crippen LogP contribution in [0.5, 0.6) is 11.5 Å². The van der Waals surface area contributed by atoms with E-state index in [9.17, 15) is 24.3 Å². The number of aromatic hydroxyl groups is 1. The number of phenolic OH excluding ortho intramolecular Hbond substituents is 1. The molecular weight excluding hydrogens is 754 g/mol. The molecule has 58 heavy (non-hydrogen) atoms. The van der Waals surface area contributed by atoms with E-state index in [1.807, 2.05) is 61.5 Å². The number of ether oxygens (including phenoxy) is 1. The topological polar surface area (TPSA) is 133 Å². The number of imide groups is 2. The van der Waals surface area contributed by atoms with Gasteiger partial charge in [-0.1, -0.05) is 102 Å². The monoisotopic (exact) mass is 791 g/mol. The first-order valence-corrected chi connectivity index (χ1v) is 19.5. The van der Waals surface area contributed by atoms with Gasteiger partial charge in [-0.15, -0.1) is 0 Å². The number of amides is 4. The molecule has 2 aliphatic heterocycles. The third-order valence-electron chi connectivity index (χ3n) is 12.4. The molecule has 0 spiro atoms. The Kier molecular flexibility index (Phi) is 9.04. The number of allylic oxidation sites excluding steroid dienone is 2. The maximum atomic E-state index is 15.4. The SMILES string of the molecule is COc1cc([C@H]2C3=CC[C@@H]4C(=O)N(c5ccc(C(=O)c6ccccc6)cc5)C(=O)[C@@H]4[C@@H]3C[C@H]3C(=O)N(Nc4ccc(C)cc4)C(=O)[C@@]23c2ccccc2)cc(Cl)c1O. The van der Waals surface area contributed by atoms with E-state index in [1.54, 1.807) is 72.8 Å². The summed E-state index contributed by atoms with van der Waals surface area (Å²) in [5, 5.41) is 11.9. The van der Waals surface area contributed by atoms with Crippen molar-refractivity contribution in [2.75, 3.05) is 17.4 Å². The quantitative estimate of drug-likeness (QED) is 0.0925. The molecule has 10 nitrogen and oxygen atoms in total. The Morgan fingerprint density at radius 2 is 1.47 bits per heavy atom. The Labute approximate surface area is 339 Å². The van der Waals surface area contributed by atoms with Gasteiger partial charge in [-0.25, -0.2) is 0 Å². The molecule has 2 heterocycles. The first-order valence-electron chi connectivity index (χ1n) is 19.2. The summed E-state index contributed by atoms with van der Waals surface area (Å²) in [4.78, 5) is 73.8. The maximum Gasteiger partial charge on any atom is 0.260 e. The Bertz CT molecular complexity index is 2540. The van der Waals surface area contributed by atoms with Crippen molar-refractivity contribution in [3.8, 4) is 11.5 Å². The number of methoxy groups -OCH3 is 1. The second-order valence-corrected chi connectivity index (χ2v) is 15.8. The van der Waals surface area contributed by atoms with Crippen LogP contribution in [-0.4, -0.2) is 46.6 Å². The van der Waals surface area contributed by atoms with Crippen LogP contribution < -0.4 is 15.1 Å². The lowest BCUT2D eigenvalue weighted by atomic mass is 9.49. The van der Waals surface area contributed by atoms with Crippen LogP contribution in [0.25, 0.3) is 0 Å². The van der Waals surface area contributed by atoms with E-state index in [-0.39, 0.29) is 41.1 Å². The van der Waals surface area contributed by atoms with Crippen molar-refractivity contribution in [3.63, 3.8) is 0 Å². The lowest BCUT2D eigenvalue weighted by Gasteiger charge is -2.50. The maximum absolute atomic E-state index is 15.4. The highest BCUT2D eigenvalue weighted by molar-refractivity contribution is 6.32. The number of anilines is 2. The van der Waals surface area contributed by atoms with Gasteiger partial charge in [0, 0.05) is 17.0 Å². The second-order valence-electron chi connectivity index (χ2n) is 15.4. The normalized spacial score (nSPS) is 24.9. The summed E-state index contributed by atoms with van der Waals surface area (Å²) in [6, 6.07) is 35.0. The molecular formula is C47H38ClN3O7. The average molecular weight is 792 g/mol. The Hall–Kier alpha value is -6.52. The van der Waals surface area contributed by atoms with Crippen LogP contribution in [0.15, 0.2) is 133 Å². The minimum Gasteiger partial charge on any atom is -0.503 e. The van der Waals surface area contributed by atoms with Crippen LogP contribution in [0, 0.1) is 30.6 Å². The number of ketones is 1. The Balaban J connectivity index is 1.17. The molecule has 5 aromatic carbocycles. The van der Waals surface area contributed by atoms with Crippen LogP contribution in [0.3, 0.4) is 0 Å². The van der Waals surface area contributed by atoms with E-state index in [0.29, 0.717) is 33.6 Å². The predicted molar refractivity (Wildman–Crippen MR) is 217 cm³/mol. The van der Waals surface area contributed by atoms with Crippen LogP contribution in [0.1, 0.15) is 51.4 Å². The first kappa shape index (κ1) is 37.1. The zero-order valence-electron chi connectivity index (χ0n) is 31.6. The van der Waals surface area contributed by atoms with Crippen molar-refractivity contribution in [3.05, 3.63) is 166 Å². The van der Waals surface area contributed by atoms with Crippen molar-refractivity contribution in [2.24, 2.45) is 23.7 Å². The lowest BCUT2D eigenvalue weighted by molar-refractivity contribution is -0.138. The fraction of sp³-hybridized carbons (Fsp3) is 0.213. The van der Waals surface area contributed by atoms with Gasteiger partial charge in [0.05, 0.1) is 46.7 Å². The summed E-state index contributed by atoms with van der Waals surface area (Å²) in [6.07, 6.45) is 2.27. The van der Waals surface area contributed by atoms with Gasteiger partial charge in [0.2, 0.25) is 11.8 Å². The molecule has 0 radical (unpaired) electrons. The third kappa shape index (κ3) is 5.57. The number of halogens is 1. The number of fused-ring (bicyclic) bond motifs is 4. The molecule has 0 aromatic heterocycles. The van der Waals surface area contributed by atoms with Crippen LogP contribution in [0.2, 0.25) is 5.02 Å². The number of aryl methyl sites for hydroxylation is 1. The van der Waals surface area contributed by atoms with Crippen molar-refractivity contribution in [1.82, 2.24) is 5.01 Å². The number of nitrogens with zero attached hydrogens (tertiary/aromatic N) is 2. The molecule has 3 fully saturated rings. The molecule has 9 rings (SSSR count). The van der Waals surface area contributed by atoms with E-state index in [1.165, 1.54) is 12.0 Å². The molecule has 4 aliphatic rings. The number of carbonyl (C=O) groups is 5. The number of hydrogen-bond donors (Lipinski definition) is 2. The van der Waals surface area contributed by atoms with Gasteiger partial charge in [-0.3, -0.25) is 34.3 Å². The van der Waals surface area contributed by atoms with E-state index >= 15 is 4.79 Å². The molecule has 0 bridgehead atoms. The number of phenols is 1. The standard InChI is InChI=1S/C47H38ClN3O7/c1-26-13-17-31(18-14-26)49-51-44(55)36-25-35-33(40(29-23-37(48)42(53)38(24-29)58-2)47(36,46(51)57)30-11-7-4-8-12-30)21-22-34-39(35)45(56)50(43(34)54)32-19-15-28(16-20-32)41(52)27-9-5-3-6-10-27/h3-21,23-24,34-36,39-40,49,53H,22,25H2,1-2H3/t34-,35+,36-,39-,40-,47+/m0/s1. The zero-order chi connectivity index (χ0) is 40.5. The number of nitrogens with one attached hydrogen (secondary N) is 1. The van der Waals surface area contributed by atoms with Crippen molar-refractivity contribution in [1.29, 1.82) is 0 Å². The third-order valence-corrected chi connectivity index (χ3v) is 12.7. The Morgan fingerprint density at radius 3 is 2.14 bits per heavy atom. The summed E-state index contributed by atoms with van der Waals surface area (Å²) in [6.45, 7) is 1.94. The molecule has 5 aromatic rings. The van der Waals surface area contributed by atoms with Crippen LogP contribution in [0.4, 0.5) is 11.4 Å². The highest BCUT2D eigenvalue weighted by Gasteiger charge is 2.70. The van der Waals surface area contributed by atoms with Crippen molar-refractivity contribution < 1.29 is 33.8 Å². The summed E-state index contributed by atoms with van der Waals surface area (Å²) in [7, 11) is 1.40. The fourth-order valence-electron chi connectivity index (χ4n) is 9.81. The number of rotatable bonds is 8. The molecule has 2 N–H and O–H groups in total. The zero-order valence-corrected chi connectivity index (χ0v) is 32.4. The average Bonchev–Trinajstić information content (AvgIpc) is 3.63. The molecule has 2 aliphatic carbocycles. The van der Waals surface area contributed by atoms with Gasteiger partial charge in [0.15, 0.2) is 17.3 Å². The smallest absolute Gasteiger partial charge is 0.260 e. The largest absolute Gasteiger partial charge is 0.503 e. The van der Waals surface area contributed by atoms with E-state index in [2.05, 4.69) is 5.43 Å². The fourth-order valence-corrected chi connectivity index (χ4v) is 10.0. The van der Waals surface area contributed by atoms with Gasteiger partial charge in [0.25, 0.3) is 11.8 Å². The van der Waals surface area contributed by atoms with Gasteiger partial charge < -0.3 is 9.84 Å². The molecule has 6 atom stereocenters. The van der Waals surface area contributed by atoms with Gasteiger partial charge >= 0.3 is 0 Å². The molecule has 0 unspecified atom stereocenters. The van der Waals surface area contributed by atoms with E-state index < -0.39 is 52.7 Å². The van der Waals surface area contributed by atoms with Gasteiger partial charge in [-0.05, 0) is 85.3 Å². The number of carbonyl (C=O) groups excluding carboxylic acids is 5. The summed E-state index contributed by atoms with van der Waals surface area (Å²) in [5.41, 5.74) is 6.24. The Morgan fingerprint density at radius 1 is 0.810 bits per heavy atom. The van der Waals surface area contributed by atoms with E-state index in [0.717, 1.165) is 16.1 Å². The highest BCUT2D eigenvalue weighted by atomic mass is 35.5. The molecule has 2 saturated heterocycles. The molecule has 11 heteroatoms. The summed E-state index contributed by atoms with van der Waals surface area (Å²) in [5.74, 6) is -6.14. The minimum atomic E-state index is -1.52. The number of benzene rings is 5. The number of hydrazine groups is 1. The molecule has 4 amide bonds. The summed E-state index contributed by atoms with van der Waals surface area (Å²) < 4.78 is 5.56. The van der Waals surface area contributed by atoms with E-state index in [4.69, 9.17) is 16.3 Å². The van der Waals surface area contributed by atoms with Crippen LogP contribution >= 0.6 is 11.6 Å². The predicted octanol–water partition coefficient (Wildman–Crippen LogP) is 7.78. The van der Waals surface area contributed by atoms with Crippen molar-refractivity contribution >= 4 is 52.4 Å². The lowest BCUT2D eigenvalue weighted by Crippen LogP contribution is -2.53. The van der Waals surface area contributed by atoms with Crippen LogP contribution in [-0.2, 0) is 24.6 Å². The molecule has 290 valence electrons.